The van der Waals surface area contributed by atoms with E-state index in [2.05, 4.69) is 11.4 Å². The van der Waals surface area contributed by atoms with Crippen LogP contribution in [0.15, 0.2) is 22.8 Å². The fraction of sp³-hybridized carbons (Fsp3) is 0.474. The molecule has 2 aromatic rings. The largest absolute Gasteiger partial charge is 0.463 e. The molecule has 0 aromatic carbocycles. The molecule has 0 spiro atoms. The molecule has 1 aliphatic heterocycles. The Bertz CT molecular complexity index is 756. The van der Waals surface area contributed by atoms with Crippen molar-refractivity contribution in [1.82, 2.24) is 4.98 Å². The number of rotatable bonds is 4. The molecule has 1 fully saturated rings. The van der Waals surface area contributed by atoms with Gasteiger partial charge in [0.05, 0.1) is 17.9 Å². The number of pyridine rings is 1. The van der Waals surface area contributed by atoms with Gasteiger partial charge in [0.2, 0.25) is 0 Å². The third-order valence-electron chi connectivity index (χ3n) is 4.90. The molecular formula is C19H21N3O2. The first-order valence-electron chi connectivity index (χ1n) is 8.72. The normalized spacial score (nSPS) is 19.7. The summed E-state index contributed by atoms with van der Waals surface area (Å²) in [7, 11) is 0. The second-order valence-electron chi connectivity index (χ2n) is 6.45. The summed E-state index contributed by atoms with van der Waals surface area (Å²) in [6.45, 7) is 1.52. The Morgan fingerprint density at radius 1 is 1.25 bits per heavy atom. The van der Waals surface area contributed by atoms with Crippen LogP contribution >= 0.6 is 0 Å². The summed E-state index contributed by atoms with van der Waals surface area (Å²) in [6.07, 6.45) is 8.19. The standard InChI is InChI=1S/C19H21N3O2/c20-11-16-14-6-1-2-7-15(14)18(17-8-4-10-24-17)22-19(16)21-12-13-5-3-9-23-13/h4,8,10,13H,1-3,5-7,9,12H2,(H,21,22)/t13-/m0/s1. The second kappa shape index (κ2) is 6.66. The molecule has 5 nitrogen and oxygen atoms in total. The maximum atomic E-state index is 9.70. The van der Waals surface area contributed by atoms with E-state index in [1.54, 1.807) is 6.26 Å². The lowest BCUT2D eigenvalue weighted by atomic mass is 9.87. The molecule has 0 amide bonds. The van der Waals surface area contributed by atoms with E-state index in [4.69, 9.17) is 14.1 Å². The number of hydrogen-bond acceptors (Lipinski definition) is 5. The number of nitrogens with zero attached hydrogens (tertiary/aromatic N) is 2. The Balaban J connectivity index is 1.74. The zero-order chi connectivity index (χ0) is 16.4. The average Bonchev–Trinajstić information content (AvgIpc) is 3.32. The molecule has 1 saturated heterocycles. The van der Waals surface area contributed by atoms with Gasteiger partial charge in [-0.3, -0.25) is 0 Å². The number of anilines is 1. The molecule has 124 valence electrons. The van der Waals surface area contributed by atoms with Crippen molar-refractivity contribution >= 4 is 5.82 Å². The molecule has 4 rings (SSSR count). The van der Waals surface area contributed by atoms with Gasteiger partial charge in [-0.1, -0.05) is 0 Å². The molecule has 0 bridgehead atoms. The minimum atomic E-state index is 0.210. The first-order chi connectivity index (χ1) is 11.9. The highest BCUT2D eigenvalue weighted by atomic mass is 16.5. The SMILES string of the molecule is N#Cc1c(NC[C@@H]2CCCO2)nc(-c2ccco2)c2c1CCCC2. The molecule has 5 heteroatoms. The summed E-state index contributed by atoms with van der Waals surface area (Å²) in [5, 5.41) is 13.1. The molecule has 1 atom stereocenters. The highest BCUT2D eigenvalue weighted by molar-refractivity contribution is 5.69. The van der Waals surface area contributed by atoms with Crippen molar-refractivity contribution in [3.63, 3.8) is 0 Å². The van der Waals surface area contributed by atoms with Crippen molar-refractivity contribution in [1.29, 1.82) is 5.26 Å². The van der Waals surface area contributed by atoms with Gasteiger partial charge in [0.1, 0.15) is 17.6 Å². The number of ether oxygens (including phenoxy) is 1. The molecule has 24 heavy (non-hydrogen) atoms. The van der Waals surface area contributed by atoms with Crippen molar-refractivity contribution < 1.29 is 9.15 Å². The monoisotopic (exact) mass is 323 g/mol. The summed E-state index contributed by atoms with van der Waals surface area (Å²) >= 11 is 0. The smallest absolute Gasteiger partial charge is 0.152 e. The average molecular weight is 323 g/mol. The third kappa shape index (κ3) is 2.78. The summed E-state index contributed by atoms with van der Waals surface area (Å²) in [4.78, 5) is 4.78. The highest BCUT2D eigenvalue weighted by Gasteiger charge is 2.24. The van der Waals surface area contributed by atoms with Gasteiger partial charge in [0, 0.05) is 13.2 Å². The second-order valence-corrected chi connectivity index (χ2v) is 6.45. The van der Waals surface area contributed by atoms with Crippen molar-refractivity contribution in [2.24, 2.45) is 0 Å². The Labute approximate surface area is 141 Å². The third-order valence-corrected chi connectivity index (χ3v) is 4.90. The number of aromatic nitrogens is 1. The first-order valence-corrected chi connectivity index (χ1v) is 8.72. The molecule has 0 radical (unpaired) electrons. The van der Waals surface area contributed by atoms with Crippen LogP contribution < -0.4 is 5.32 Å². The Morgan fingerprint density at radius 3 is 2.83 bits per heavy atom. The van der Waals surface area contributed by atoms with Gasteiger partial charge in [-0.05, 0) is 61.8 Å². The van der Waals surface area contributed by atoms with Gasteiger partial charge in [-0.25, -0.2) is 4.98 Å². The zero-order valence-corrected chi connectivity index (χ0v) is 13.7. The first kappa shape index (κ1) is 15.2. The van der Waals surface area contributed by atoms with Crippen LogP contribution in [0, 0.1) is 11.3 Å². The zero-order valence-electron chi connectivity index (χ0n) is 13.7. The van der Waals surface area contributed by atoms with Gasteiger partial charge in [0.15, 0.2) is 5.76 Å². The molecule has 1 aliphatic carbocycles. The predicted molar refractivity (Wildman–Crippen MR) is 90.8 cm³/mol. The van der Waals surface area contributed by atoms with Crippen LogP contribution in [0.1, 0.15) is 42.4 Å². The van der Waals surface area contributed by atoms with E-state index in [0.717, 1.165) is 62.1 Å². The lowest BCUT2D eigenvalue weighted by molar-refractivity contribution is 0.120. The number of hydrogen-bond donors (Lipinski definition) is 1. The minimum Gasteiger partial charge on any atom is -0.463 e. The van der Waals surface area contributed by atoms with Crippen LogP contribution in [0.5, 0.6) is 0 Å². The van der Waals surface area contributed by atoms with Crippen LogP contribution in [0.2, 0.25) is 0 Å². The van der Waals surface area contributed by atoms with E-state index in [9.17, 15) is 5.26 Å². The lowest BCUT2D eigenvalue weighted by Gasteiger charge is -2.22. The molecule has 0 unspecified atom stereocenters. The molecule has 0 saturated carbocycles. The summed E-state index contributed by atoms with van der Waals surface area (Å²) in [6, 6.07) is 6.19. The van der Waals surface area contributed by atoms with Crippen molar-refractivity contribution in [2.75, 3.05) is 18.5 Å². The maximum absolute atomic E-state index is 9.70. The topological polar surface area (TPSA) is 71.1 Å². The number of furan rings is 1. The van der Waals surface area contributed by atoms with Crippen LogP contribution in [0.25, 0.3) is 11.5 Å². The number of nitriles is 1. The van der Waals surface area contributed by atoms with E-state index in [1.807, 2.05) is 12.1 Å². The van der Waals surface area contributed by atoms with Gasteiger partial charge >= 0.3 is 0 Å². The van der Waals surface area contributed by atoms with Crippen molar-refractivity contribution in [3.05, 3.63) is 35.1 Å². The fourth-order valence-electron chi connectivity index (χ4n) is 3.70. The van der Waals surface area contributed by atoms with Crippen LogP contribution in [0.4, 0.5) is 5.82 Å². The molecule has 2 aromatic heterocycles. The van der Waals surface area contributed by atoms with Gasteiger partial charge in [0.25, 0.3) is 0 Å². The Kier molecular flexibility index (Phi) is 4.22. The number of nitrogens with one attached hydrogen (secondary N) is 1. The fourth-order valence-corrected chi connectivity index (χ4v) is 3.70. The summed E-state index contributed by atoms with van der Waals surface area (Å²) < 4.78 is 11.3. The van der Waals surface area contributed by atoms with Crippen LogP contribution in [-0.2, 0) is 17.6 Å². The number of fused-ring (bicyclic) bond motifs is 1. The predicted octanol–water partition coefficient (Wildman–Crippen LogP) is 3.68. The summed E-state index contributed by atoms with van der Waals surface area (Å²) in [5.41, 5.74) is 3.89. The molecule has 2 aliphatic rings. The Morgan fingerprint density at radius 2 is 2.12 bits per heavy atom. The van der Waals surface area contributed by atoms with E-state index in [-0.39, 0.29) is 6.10 Å². The lowest BCUT2D eigenvalue weighted by Crippen LogP contribution is -2.21. The highest BCUT2D eigenvalue weighted by Crippen LogP contribution is 2.35. The van der Waals surface area contributed by atoms with E-state index >= 15 is 0 Å². The van der Waals surface area contributed by atoms with Crippen molar-refractivity contribution in [3.8, 4) is 17.5 Å². The quantitative estimate of drug-likeness (QED) is 0.929. The maximum Gasteiger partial charge on any atom is 0.152 e. The molecular weight excluding hydrogens is 302 g/mol. The van der Waals surface area contributed by atoms with Gasteiger partial charge < -0.3 is 14.5 Å². The minimum absolute atomic E-state index is 0.210. The molecule has 3 heterocycles. The Hall–Kier alpha value is -2.32. The molecule has 1 N–H and O–H groups in total. The van der Waals surface area contributed by atoms with Crippen LogP contribution in [-0.4, -0.2) is 24.2 Å². The van der Waals surface area contributed by atoms with E-state index in [0.29, 0.717) is 17.9 Å². The van der Waals surface area contributed by atoms with Crippen molar-refractivity contribution in [2.45, 2.75) is 44.6 Å². The van der Waals surface area contributed by atoms with Crippen LogP contribution in [0.3, 0.4) is 0 Å². The van der Waals surface area contributed by atoms with Gasteiger partial charge in [-0.2, -0.15) is 5.26 Å². The van der Waals surface area contributed by atoms with E-state index in [1.165, 1.54) is 5.56 Å². The summed E-state index contributed by atoms with van der Waals surface area (Å²) in [5.74, 6) is 1.44. The van der Waals surface area contributed by atoms with E-state index < -0.39 is 0 Å². The van der Waals surface area contributed by atoms with Gasteiger partial charge in [-0.15, -0.1) is 0 Å².